The molecule has 1 aromatic carbocycles. The van der Waals surface area contributed by atoms with Crippen molar-refractivity contribution in [1.82, 2.24) is 0 Å². The molecule has 14 heavy (non-hydrogen) atoms. The predicted octanol–water partition coefficient (Wildman–Crippen LogP) is 2.99. The van der Waals surface area contributed by atoms with Crippen LogP contribution in [0, 0.1) is 10.5 Å². The van der Waals surface area contributed by atoms with Gasteiger partial charge in [0, 0.05) is 14.7 Å². The molecule has 0 saturated heterocycles. The minimum atomic E-state index is -0.00832. The van der Waals surface area contributed by atoms with Crippen LogP contribution in [0.25, 0.3) is 0 Å². The number of Topliss-reactive ketones (excluding diaryl/α,β-unsaturated/α-hetero) is 1. The van der Waals surface area contributed by atoms with Crippen LogP contribution in [0.15, 0.2) is 12.1 Å². The lowest BCUT2D eigenvalue weighted by atomic mass is 10.0. The fourth-order valence-corrected chi connectivity index (χ4v) is 2.03. The average molecular weight is 367 g/mol. The zero-order valence-corrected chi connectivity index (χ0v) is 11.3. The van der Waals surface area contributed by atoms with Gasteiger partial charge in [0.05, 0.1) is 5.33 Å². The minimum Gasteiger partial charge on any atom is -0.298 e. The number of halogens is 2. The maximum Gasteiger partial charge on any atom is 0.173 e. The van der Waals surface area contributed by atoms with Crippen molar-refractivity contribution in [2.24, 2.45) is 0 Å². The molecule has 0 aliphatic rings. The molecule has 4 heteroatoms. The molecule has 0 bridgehead atoms. The summed E-state index contributed by atoms with van der Waals surface area (Å²) < 4.78 is 0.941. The van der Waals surface area contributed by atoms with Crippen molar-refractivity contribution >= 4 is 50.6 Å². The zero-order valence-electron chi connectivity index (χ0n) is 7.51. The molecule has 0 radical (unpaired) electrons. The number of alkyl halides is 1. The van der Waals surface area contributed by atoms with Crippen LogP contribution in [-0.2, 0) is 0 Å². The number of rotatable bonds is 3. The summed E-state index contributed by atoms with van der Waals surface area (Å²) in [6, 6.07) is 3.43. The molecule has 1 aromatic rings. The van der Waals surface area contributed by atoms with Gasteiger partial charge in [-0.3, -0.25) is 9.59 Å². The van der Waals surface area contributed by atoms with Gasteiger partial charge < -0.3 is 0 Å². The van der Waals surface area contributed by atoms with E-state index in [9.17, 15) is 9.59 Å². The van der Waals surface area contributed by atoms with Crippen LogP contribution >= 0.6 is 38.5 Å². The summed E-state index contributed by atoms with van der Waals surface area (Å²) >= 11 is 5.22. The molecule has 0 amide bonds. The molecule has 0 heterocycles. The molecule has 74 valence electrons. The number of carbonyl (C=O) groups is 2. The molecule has 0 fully saturated rings. The SMILES string of the molecule is Cc1c(I)cc(C(=O)CBr)cc1C=O. The smallest absolute Gasteiger partial charge is 0.173 e. The first-order valence-corrected chi connectivity index (χ1v) is 6.14. The highest BCUT2D eigenvalue weighted by molar-refractivity contribution is 14.1. The highest BCUT2D eigenvalue weighted by Crippen LogP contribution is 2.18. The molecule has 0 unspecified atom stereocenters. The van der Waals surface area contributed by atoms with Crippen LogP contribution in [-0.4, -0.2) is 17.4 Å². The predicted molar refractivity (Wildman–Crippen MR) is 67.4 cm³/mol. The third-order valence-electron chi connectivity index (χ3n) is 1.95. The largest absolute Gasteiger partial charge is 0.298 e. The second kappa shape index (κ2) is 5.02. The molecule has 0 saturated carbocycles. The number of hydrogen-bond donors (Lipinski definition) is 0. The van der Waals surface area contributed by atoms with Crippen LogP contribution < -0.4 is 0 Å². The van der Waals surface area contributed by atoms with Crippen molar-refractivity contribution in [1.29, 1.82) is 0 Å². The van der Waals surface area contributed by atoms with Crippen LogP contribution in [0.5, 0.6) is 0 Å². The molecule has 0 aliphatic carbocycles. The van der Waals surface area contributed by atoms with Gasteiger partial charge in [0.1, 0.15) is 6.29 Å². The standard InChI is InChI=1S/C10H8BrIO2/c1-6-8(5-13)2-7(3-9(6)12)10(14)4-11/h2-3,5H,4H2,1H3. The van der Waals surface area contributed by atoms with Gasteiger partial charge in [0.25, 0.3) is 0 Å². The van der Waals surface area contributed by atoms with Gasteiger partial charge >= 0.3 is 0 Å². The Bertz CT molecular complexity index is 388. The molecule has 1 rings (SSSR count). The molecule has 0 aliphatic heterocycles. The fraction of sp³-hybridized carbons (Fsp3) is 0.200. The van der Waals surface area contributed by atoms with Gasteiger partial charge in [-0.1, -0.05) is 15.9 Å². The minimum absolute atomic E-state index is 0.00832. The van der Waals surface area contributed by atoms with E-state index in [2.05, 4.69) is 38.5 Å². The average Bonchev–Trinajstić information content (AvgIpc) is 2.20. The zero-order chi connectivity index (χ0) is 10.7. The van der Waals surface area contributed by atoms with Crippen molar-refractivity contribution < 1.29 is 9.59 Å². The summed E-state index contributed by atoms with van der Waals surface area (Å²) in [5.41, 5.74) is 2.09. The van der Waals surface area contributed by atoms with Gasteiger partial charge in [-0.25, -0.2) is 0 Å². The molecule has 0 atom stereocenters. The van der Waals surface area contributed by atoms with E-state index in [4.69, 9.17) is 0 Å². The van der Waals surface area contributed by atoms with Crippen LogP contribution in [0.1, 0.15) is 26.3 Å². The molecular weight excluding hydrogens is 359 g/mol. The molecule has 2 nitrogen and oxygen atoms in total. The summed E-state index contributed by atoms with van der Waals surface area (Å²) in [5.74, 6) is -0.00832. The van der Waals surface area contributed by atoms with Crippen molar-refractivity contribution in [3.63, 3.8) is 0 Å². The van der Waals surface area contributed by atoms with Gasteiger partial charge in [-0.15, -0.1) is 0 Å². The lowest BCUT2D eigenvalue weighted by Gasteiger charge is -2.05. The fourth-order valence-electron chi connectivity index (χ4n) is 1.06. The van der Waals surface area contributed by atoms with Gasteiger partial charge in [0.15, 0.2) is 5.78 Å². The van der Waals surface area contributed by atoms with Crippen molar-refractivity contribution in [2.45, 2.75) is 6.92 Å². The Morgan fingerprint density at radius 1 is 1.57 bits per heavy atom. The number of hydrogen-bond acceptors (Lipinski definition) is 2. The number of aldehydes is 1. The topological polar surface area (TPSA) is 34.1 Å². The number of carbonyl (C=O) groups excluding carboxylic acids is 2. The van der Waals surface area contributed by atoms with Gasteiger partial charge in [-0.2, -0.15) is 0 Å². The summed E-state index contributed by atoms with van der Waals surface area (Å²) in [4.78, 5) is 22.1. The second-order valence-corrected chi connectivity index (χ2v) is 4.57. The Morgan fingerprint density at radius 2 is 2.21 bits per heavy atom. The van der Waals surface area contributed by atoms with E-state index in [0.29, 0.717) is 11.1 Å². The molecule has 0 spiro atoms. The normalized spacial score (nSPS) is 9.93. The van der Waals surface area contributed by atoms with Crippen LogP contribution in [0.3, 0.4) is 0 Å². The Kier molecular flexibility index (Phi) is 4.25. The quantitative estimate of drug-likeness (QED) is 0.356. The summed E-state index contributed by atoms with van der Waals surface area (Å²) in [6.45, 7) is 1.87. The highest BCUT2D eigenvalue weighted by Gasteiger charge is 2.09. The number of benzene rings is 1. The number of ketones is 1. The van der Waals surface area contributed by atoms with E-state index < -0.39 is 0 Å². The van der Waals surface area contributed by atoms with Crippen molar-refractivity contribution in [2.75, 3.05) is 5.33 Å². The van der Waals surface area contributed by atoms with E-state index in [1.165, 1.54) is 0 Å². The summed E-state index contributed by atoms with van der Waals surface area (Å²) in [6.07, 6.45) is 0.780. The van der Waals surface area contributed by atoms with Crippen molar-refractivity contribution in [3.8, 4) is 0 Å². The van der Waals surface area contributed by atoms with Gasteiger partial charge in [-0.05, 0) is 47.2 Å². The van der Waals surface area contributed by atoms with Crippen LogP contribution in [0.4, 0.5) is 0 Å². The highest BCUT2D eigenvalue weighted by atomic mass is 127. The van der Waals surface area contributed by atoms with Crippen LogP contribution in [0.2, 0.25) is 0 Å². The lowest BCUT2D eigenvalue weighted by Crippen LogP contribution is -2.03. The first kappa shape index (κ1) is 11.8. The molecule has 0 aromatic heterocycles. The van der Waals surface area contributed by atoms with E-state index in [-0.39, 0.29) is 11.1 Å². The molecular formula is C10H8BrIO2. The summed E-state index contributed by atoms with van der Waals surface area (Å²) in [7, 11) is 0. The van der Waals surface area contributed by atoms with E-state index in [0.717, 1.165) is 15.4 Å². The first-order valence-electron chi connectivity index (χ1n) is 3.94. The van der Waals surface area contributed by atoms with E-state index in [1.807, 2.05) is 6.92 Å². The Labute approximate surface area is 104 Å². The second-order valence-electron chi connectivity index (χ2n) is 2.85. The van der Waals surface area contributed by atoms with E-state index >= 15 is 0 Å². The van der Waals surface area contributed by atoms with Crippen molar-refractivity contribution in [3.05, 3.63) is 32.4 Å². The maximum absolute atomic E-state index is 11.4. The van der Waals surface area contributed by atoms with E-state index in [1.54, 1.807) is 12.1 Å². The Hall–Kier alpha value is -0.230. The Balaban J connectivity index is 3.29. The summed E-state index contributed by atoms with van der Waals surface area (Å²) in [5, 5.41) is 0.282. The molecule has 0 N–H and O–H groups in total. The third-order valence-corrected chi connectivity index (χ3v) is 3.58. The monoisotopic (exact) mass is 366 g/mol. The maximum atomic E-state index is 11.4. The first-order chi connectivity index (χ1) is 6.60. The Morgan fingerprint density at radius 3 is 2.71 bits per heavy atom. The van der Waals surface area contributed by atoms with Gasteiger partial charge in [0.2, 0.25) is 0 Å². The third kappa shape index (κ3) is 2.42. The lowest BCUT2D eigenvalue weighted by molar-refractivity contribution is 0.102.